The molecule has 2 atom stereocenters. The molecule has 2 rings (SSSR count). The Morgan fingerprint density at radius 1 is 1.50 bits per heavy atom. The molecule has 0 aromatic carbocycles. The van der Waals surface area contributed by atoms with Crippen LogP contribution in [-0.2, 0) is 4.79 Å². The van der Waals surface area contributed by atoms with Crippen molar-refractivity contribution in [3.63, 3.8) is 0 Å². The molecule has 80 valence electrons. The summed E-state index contributed by atoms with van der Waals surface area (Å²) in [5.41, 5.74) is -0.0306. The van der Waals surface area contributed by atoms with Gasteiger partial charge in [0.05, 0.1) is 0 Å². The van der Waals surface area contributed by atoms with Gasteiger partial charge in [-0.2, -0.15) is 0 Å². The standard InChI is InChI=1S/C11H20N2O/c1-8-3-6-12-7-9(8)13-10(14)11(2)4-5-11/h8-9,12H,3-7H2,1-2H3,(H,13,14). The van der Waals surface area contributed by atoms with Crippen LogP contribution in [0.3, 0.4) is 0 Å². The Kier molecular flexibility index (Phi) is 2.52. The number of nitrogens with one attached hydrogen (secondary N) is 2. The van der Waals surface area contributed by atoms with Gasteiger partial charge in [-0.25, -0.2) is 0 Å². The van der Waals surface area contributed by atoms with E-state index in [4.69, 9.17) is 0 Å². The van der Waals surface area contributed by atoms with Crippen LogP contribution in [0.25, 0.3) is 0 Å². The number of carbonyl (C=O) groups is 1. The quantitative estimate of drug-likeness (QED) is 0.689. The molecular weight excluding hydrogens is 176 g/mol. The summed E-state index contributed by atoms with van der Waals surface area (Å²) in [6.45, 7) is 6.30. The zero-order chi connectivity index (χ0) is 10.2. The van der Waals surface area contributed by atoms with Crippen LogP contribution < -0.4 is 10.6 Å². The summed E-state index contributed by atoms with van der Waals surface area (Å²) in [6.07, 6.45) is 3.29. The topological polar surface area (TPSA) is 41.1 Å². The van der Waals surface area contributed by atoms with E-state index in [9.17, 15) is 4.79 Å². The molecule has 0 spiro atoms. The van der Waals surface area contributed by atoms with Crippen molar-refractivity contribution in [2.24, 2.45) is 11.3 Å². The summed E-state index contributed by atoms with van der Waals surface area (Å²) in [7, 11) is 0. The fourth-order valence-corrected chi connectivity index (χ4v) is 1.94. The van der Waals surface area contributed by atoms with E-state index in [1.54, 1.807) is 0 Å². The van der Waals surface area contributed by atoms with E-state index in [0.717, 1.165) is 25.9 Å². The number of rotatable bonds is 2. The second-order valence-electron chi connectivity index (χ2n) is 5.11. The minimum Gasteiger partial charge on any atom is -0.351 e. The fraction of sp³-hybridized carbons (Fsp3) is 0.909. The van der Waals surface area contributed by atoms with E-state index in [2.05, 4.69) is 24.5 Å². The van der Waals surface area contributed by atoms with Crippen molar-refractivity contribution in [2.45, 2.75) is 39.2 Å². The average Bonchev–Trinajstić information content (AvgIpc) is 2.89. The molecule has 0 bridgehead atoms. The highest BCUT2D eigenvalue weighted by molar-refractivity contribution is 5.85. The largest absolute Gasteiger partial charge is 0.351 e. The van der Waals surface area contributed by atoms with Crippen LogP contribution in [-0.4, -0.2) is 25.0 Å². The molecule has 0 radical (unpaired) electrons. The normalized spacial score (nSPS) is 35.0. The van der Waals surface area contributed by atoms with E-state index in [1.165, 1.54) is 6.42 Å². The van der Waals surface area contributed by atoms with Crippen LogP contribution in [0.4, 0.5) is 0 Å². The first-order chi connectivity index (χ1) is 6.62. The van der Waals surface area contributed by atoms with E-state index in [-0.39, 0.29) is 11.3 Å². The van der Waals surface area contributed by atoms with Crippen LogP contribution in [0.15, 0.2) is 0 Å². The molecule has 3 heteroatoms. The zero-order valence-corrected chi connectivity index (χ0v) is 9.10. The van der Waals surface area contributed by atoms with Gasteiger partial charge in [0.2, 0.25) is 5.91 Å². The molecule has 1 aliphatic heterocycles. The van der Waals surface area contributed by atoms with Crippen molar-refractivity contribution in [3.8, 4) is 0 Å². The van der Waals surface area contributed by atoms with Crippen molar-refractivity contribution in [1.29, 1.82) is 0 Å². The number of carbonyl (C=O) groups excluding carboxylic acids is 1. The Balaban J connectivity index is 1.86. The second-order valence-corrected chi connectivity index (χ2v) is 5.11. The SMILES string of the molecule is CC1CCNCC1NC(=O)C1(C)CC1. The number of piperidine rings is 1. The van der Waals surface area contributed by atoms with E-state index >= 15 is 0 Å². The van der Waals surface area contributed by atoms with Crippen molar-refractivity contribution in [2.75, 3.05) is 13.1 Å². The number of amides is 1. The van der Waals surface area contributed by atoms with Crippen molar-refractivity contribution >= 4 is 5.91 Å². The fourth-order valence-electron chi connectivity index (χ4n) is 1.94. The molecule has 3 nitrogen and oxygen atoms in total. The summed E-state index contributed by atoms with van der Waals surface area (Å²) in [5.74, 6) is 0.876. The van der Waals surface area contributed by atoms with Gasteiger partial charge in [-0.05, 0) is 31.7 Å². The number of hydrogen-bond acceptors (Lipinski definition) is 2. The lowest BCUT2D eigenvalue weighted by atomic mass is 9.94. The average molecular weight is 196 g/mol. The highest BCUT2D eigenvalue weighted by atomic mass is 16.2. The lowest BCUT2D eigenvalue weighted by molar-refractivity contribution is -0.126. The summed E-state index contributed by atoms with van der Waals surface area (Å²) >= 11 is 0. The maximum atomic E-state index is 11.8. The van der Waals surface area contributed by atoms with Gasteiger partial charge in [0, 0.05) is 18.0 Å². The summed E-state index contributed by atoms with van der Waals surface area (Å²) in [4.78, 5) is 11.8. The van der Waals surface area contributed by atoms with E-state index in [0.29, 0.717) is 12.0 Å². The first-order valence-electron chi connectivity index (χ1n) is 5.63. The zero-order valence-electron chi connectivity index (χ0n) is 9.10. The minimum atomic E-state index is -0.0306. The third-order valence-electron chi connectivity index (χ3n) is 3.69. The smallest absolute Gasteiger partial charge is 0.226 e. The second kappa shape index (κ2) is 3.54. The molecule has 2 unspecified atom stereocenters. The predicted octanol–water partition coefficient (Wildman–Crippen LogP) is 0.901. The maximum Gasteiger partial charge on any atom is 0.226 e. The Labute approximate surface area is 85.6 Å². The van der Waals surface area contributed by atoms with Crippen LogP contribution >= 0.6 is 0 Å². The van der Waals surface area contributed by atoms with Crippen LogP contribution in [0.1, 0.15) is 33.1 Å². The molecule has 1 aliphatic carbocycles. The minimum absolute atomic E-state index is 0.0306. The van der Waals surface area contributed by atoms with Gasteiger partial charge in [-0.15, -0.1) is 0 Å². The summed E-state index contributed by atoms with van der Waals surface area (Å²) < 4.78 is 0. The maximum absolute atomic E-state index is 11.8. The van der Waals surface area contributed by atoms with E-state index < -0.39 is 0 Å². The molecule has 1 heterocycles. The van der Waals surface area contributed by atoms with Gasteiger partial charge in [0.25, 0.3) is 0 Å². The van der Waals surface area contributed by atoms with Crippen LogP contribution in [0.5, 0.6) is 0 Å². The highest BCUT2D eigenvalue weighted by Crippen LogP contribution is 2.45. The van der Waals surface area contributed by atoms with E-state index in [1.807, 2.05) is 0 Å². The Morgan fingerprint density at radius 2 is 2.21 bits per heavy atom. The summed E-state index contributed by atoms with van der Waals surface area (Å²) in [6, 6.07) is 0.341. The monoisotopic (exact) mass is 196 g/mol. The molecule has 1 saturated heterocycles. The molecule has 2 aliphatic rings. The molecule has 0 aromatic heterocycles. The Hall–Kier alpha value is -0.570. The molecule has 2 N–H and O–H groups in total. The molecular formula is C11H20N2O. The first-order valence-corrected chi connectivity index (χ1v) is 5.63. The van der Waals surface area contributed by atoms with Gasteiger partial charge in [0.15, 0.2) is 0 Å². The van der Waals surface area contributed by atoms with Crippen LogP contribution in [0.2, 0.25) is 0 Å². The van der Waals surface area contributed by atoms with Crippen molar-refractivity contribution in [3.05, 3.63) is 0 Å². The molecule has 1 amide bonds. The van der Waals surface area contributed by atoms with Gasteiger partial charge in [-0.1, -0.05) is 13.8 Å². The Bertz CT molecular complexity index is 235. The third kappa shape index (κ3) is 1.92. The number of hydrogen-bond donors (Lipinski definition) is 2. The van der Waals surface area contributed by atoms with Gasteiger partial charge in [-0.3, -0.25) is 4.79 Å². The van der Waals surface area contributed by atoms with Crippen molar-refractivity contribution in [1.82, 2.24) is 10.6 Å². The van der Waals surface area contributed by atoms with Gasteiger partial charge >= 0.3 is 0 Å². The molecule has 1 saturated carbocycles. The first kappa shape index (κ1) is 9.97. The third-order valence-corrected chi connectivity index (χ3v) is 3.69. The lowest BCUT2D eigenvalue weighted by Crippen LogP contribution is -2.51. The van der Waals surface area contributed by atoms with Crippen LogP contribution in [0, 0.1) is 11.3 Å². The summed E-state index contributed by atoms with van der Waals surface area (Å²) in [5, 5.41) is 6.50. The van der Waals surface area contributed by atoms with Gasteiger partial charge < -0.3 is 10.6 Å². The molecule has 14 heavy (non-hydrogen) atoms. The Morgan fingerprint density at radius 3 is 2.79 bits per heavy atom. The molecule has 0 aromatic rings. The van der Waals surface area contributed by atoms with Gasteiger partial charge in [0.1, 0.15) is 0 Å². The highest BCUT2D eigenvalue weighted by Gasteiger charge is 2.45. The predicted molar refractivity (Wildman–Crippen MR) is 55.9 cm³/mol. The lowest BCUT2D eigenvalue weighted by Gasteiger charge is -2.31. The van der Waals surface area contributed by atoms with Crippen molar-refractivity contribution < 1.29 is 4.79 Å². The molecule has 2 fully saturated rings.